The first kappa shape index (κ1) is 17.2. The first-order valence-electron chi connectivity index (χ1n) is 7.45. The molecule has 4 nitrogen and oxygen atoms in total. The molecule has 0 spiro atoms. The number of carbonyl (C=O) groups is 2. The maximum Gasteiger partial charge on any atom is 0.302 e. The molecule has 1 amide bonds. The van der Waals surface area contributed by atoms with Gasteiger partial charge >= 0.3 is 5.97 Å². The molecule has 0 aromatic heterocycles. The Bertz CT molecular complexity index is 465. The molecule has 0 saturated heterocycles. The molecule has 0 bridgehead atoms. The topological polar surface area (TPSA) is 46.6 Å². The van der Waals surface area contributed by atoms with Crippen molar-refractivity contribution in [3.8, 4) is 0 Å². The summed E-state index contributed by atoms with van der Waals surface area (Å²) >= 11 is 0. The average molecular weight is 291 g/mol. The standard InChI is InChI=1S/C17H25NO3/c1-5-18(10-11-21-14(4)19)17(20)16-8-6-15(7-9-16)12-13(2)3/h6-9,13H,5,10-12H2,1-4H3. The molecule has 0 heterocycles. The molecule has 21 heavy (non-hydrogen) atoms. The Labute approximate surface area is 127 Å². The Kier molecular flexibility index (Phi) is 6.92. The molecule has 1 aromatic carbocycles. The Morgan fingerprint density at radius 3 is 2.29 bits per heavy atom. The number of benzene rings is 1. The van der Waals surface area contributed by atoms with Crippen molar-refractivity contribution in [1.82, 2.24) is 4.90 Å². The number of ether oxygens (including phenoxy) is 1. The number of nitrogens with zero attached hydrogens (tertiary/aromatic N) is 1. The molecule has 0 fully saturated rings. The first-order valence-corrected chi connectivity index (χ1v) is 7.45. The van der Waals surface area contributed by atoms with E-state index in [4.69, 9.17) is 4.74 Å². The summed E-state index contributed by atoms with van der Waals surface area (Å²) in [6.07, 6.45) is 1.01. The number of esters is 1. The van der Waals surface area contributed by atoms with E-state index >= 15 is 0 Å². The van der Waals surface area contributed by atoms with E-state index in [2.05, 4.69) is 13.8 Å². The third-order valence-electron chi connectivity index (χ3n) is 3.18. The van der Waals surface area contributed by atoms with E-state index in [-0.39, 0.29) is 18.5 Å². The van der Waals surface area contributed by atoms with Crippen molar-refractivity contribution in [3.05, 3.63) is 35.4 Å². The summed E-state index contributed by atoms with van der Waals surface area (Å²) in [7, 11) is 0. The number of amides is 1. The summed E-state index contributed by atoms with van der Waals surface area (Å²) < 4.78 is 4.89. The second kappa shape index (κ2) is 8.45. The van der Waals surface area contributed by atoms with Gasteiger partial charge in [-0.05, 0) is 37.0 Å². The highest BCUT2D eigenvalue weighted by molar-refractivity contribution is 5.94. The quantitative estimate of drug-likeness (QED) is 0.726. The van der Waals surface area contributed by atoms with E-state index < -0.39 is 0 Å². The van der Waals surface area contributed by atoms with Gasteiger partial charge in [-0.2, -0.15) is 0 Å². The van der Waals surface area contributed by atoms with Gasteiger partial charge < -0.3 is 9.64 Å². The third-order valence-corrected chi connectivity index (χ3v) is 3.18. The van der Waals surface area contributed by atoms with Crippen LogP contribution in [0.15, 0.2) is 24.3 Å². The molecular formula is C17H25NO3. The molecule has 1 rings (SSSR count). The summed E-state index contributed by atoms with van der Waals surface area (Å²) in [4.78, 5) is 24.8. The van der Waals surface area contributed by atoms with Gasteiger partial charge in [0.25, 0.3) is 5.91 Å². The van der Waals surface area contributed by atoms with Gasteiger partial charge in [0.1, 0.15) is 6.61 Å². The lowest BCUT2D eigenvalue weighted by Crippen LogP contribution is -2.34. The Morgan fingerprint density at radius 1 is 1.19 bits per heavy atom. The minimum absolute atomic E-state index is 0.0271. The van der Waals surface area contributed by atoms with Gasteiger partial charge in [-0.25, -0.2) is 0 Å². The van der Waals surface area contributed by atoms with E-state index in [1.807, 2.05) is 31.2 Å². The van der Waals surface area contributed by atoms with Crippen molar-refractivity contribution >= 4 is 11.9 Å². The zero-order valence-electron chi connectivity index (χ0n) is 13.4. The zero-order chi connectivity index (χ0) is 15.8. The van der Waals surface area contributed by atoms with Crippen molar-refractivity contribution in [2.45, 2.75) is 34.1 Å². The normalized spacial score (nSPS) is 10.5. The van der Waals surface area contributed by atoms with Crippen LogP contribution in [0.25, 0.3) is 0 Å². The van der Waals surface area contributed by atoms with Crippen LogP contribution < -0.4 is 0 Å². The number of carbonyl (C=O) groups excluding carboxylic acids is 2. The molecule has 0 N–H and O–H groups in total. The van der Waals surface area contributed by atoms with Crippen LogP contribution in [0.4, 0.5) is 0 Å². The number of hydrogen-bond donors (Lipinski definition) is 0. The van der Waals surface area contributed by atoms with Crippen LogP contribution in [0.3, 0.4) is 0 Å². The summed E-state index contributed by atoms with van der Waals surface area (Å²) in [5.74, 6) is 0.250. The lowest BCUT2D eigenvalue weighted by molar-refractivity contribution is -0.141. The maximum absolute atomic E-state index is 12.4. The fraction of sp³-hybridized carbons (Fsp3) is 0.529. The number of hydrogen-bond acceptors (Lipinski definition) is 3. The van der Waals surface area contributed by atoms with E-state index in [0.717, 1.165) is 6.42 Å². The van der Waals surface area contributed by atoms with E-state index in [0.29, 0.717) is 24.6 Å². The number of likely N-dealkylation sites (N-methyl/N-ethyl adjacent to an activating group) is 1. The second-order valence-corrected chi connectivity index (χ2v) is 5.52. The van der Waals surface area contributed by atoms with Crippen molar-refractivity contribution in [2.75, 3.05) is 19.7 Å². The average Bonchev–Trinajstić information content (AvgIpc) is 2.43. The van der Waals surface area contributed by atoms with Crippen molar-refractivity contribution in [2.24, 2.45) is 5.92 Å². The summed E-state index contributed by atoms with van der Waals surface area (Å²) in [6, 6.07) is 7.75. The molecule has 0 atom stereocenters. The minimum atomic E-state index is -0.323. The molecule has 116 valence electrons. The molecule has 0 radical (unpaired) electrons. The molecular weight excluding hydrogens is 266 g/mol. The summed E-state index contributed by atoms with van der Waals surface area (Å²) in [5.41, 5.74) is 1.91. The monoisotopic (exact) mass is 291 g/mol. The second-order valence-electron chi connectivity index (χ2n) is 5.52. The SMILES string of the molecule is CCN(CCOC(C)=O)C(=O)c1ccc(CC(C)C)cc1. The molecule has 0 aliphatic rings. The van der Waals surface area contributed by atoms with Crippen LogP contribution in [0.5, 0.6) is 0 Å². The third kappa shape index (κ3) is 5.98. The first-order chi connectivity index (χ1) is 9.93. The van der Waals surface area contributed by atoms with E-state index in [1.54, 1.807) is 4.90 Å². The predicted molar refractivity (Wildman–Crippen MR) is 83.2 cm³/mol. The van der Waals surface area contributed by atoms with Crippen molar-refractivity contribution in [3.63, 3.8) is 0 Å². The lowest BCUT2D eigenvalue weighted by Gasteiger charge is -2.20. The van der Waals surface area contributed by atoms with E-state index in [1.165, 1.54) is 12.5 Å². The predicted octanol–water partition coefficient (Wildman–Crippen LogP) is 2.91. The van der Waals surface area contributed by atoms with Crippen LogP contribution in [0.2, 0.25) is 0 Å². The highest BCUT2D eigenvalue weighted by Gasteiger charge is 2.14. The lowest BCUT2D eigenvalue weighted by atomic mass is 10.0. The van der Waals surface area contributed by atoms with Gasteiger partial charge in [-0.3, -0.25) is 9.59 Å². The van der Waals surface area contributed by atoms with Crippen molar-refractivity contribution < 1.29 is 14.3 Å². The highest BCUT2D eigenvalue weighted by atomic mass is 16.5. The fourth-order valence-electron chi connectivity index (χ4n) is 2.14. The molecule has 4 heteroatoms. The molecule has 0 aliphatic carbocycles. The Balaban J connectivity index is 2.64. The van der Waals surface area contributed by atoms with Crippen LogP contribution in [0.1, 0.15) is 43.6 Å². The van der Waals surface area contributed by atoms with Gasteiger partial charge in [-0.1, -0.05) is 26.0 Å². The zero-order valence-corrected chi connectivity index (χ0v) is 13.4. The molecule has 0 saturated carbocycles. The van der Waals surface area contributed by atoms with Gasteiger partial charge in [-0.15, -0.1) is 0 Å². The Morgan fingerprint density at radius 2 is 1.81 bits per heavy atom. The molecule has 1 aromatic rings. The molecule has 0 unspecified atom stereocenters. The Hall–Kier alpha value is -1.84. The maximum atomic E-state index is 12.4. The van der Waals surface area contributed by atoms with Crippen LogP contribution in [0, 0.1) is 5.92 Å². The van der Waals surface area contributed by atoms with Gasteiger partial charge in [0.15, 0.2) is 0 Å². The van der Waals surface area contributed by atoms with E-state index in [9.17, 15) is 9.59 Å². The smallest absolute Gasteiger partial charge is 0.302 e. The summed E-state index contributed by atoms with van der Waals surface area (Å²) in [6.45, 7) is 8.88. The number of rotatable bonds is 7. The van der Waals surface area contributed by atoms with Crippen molar-refractivity contribution in [1.29, 1.82) is 0 Å². The van der Waals surface area contributed by atoms with Crippen LogP contribution in [-0.4, -0.2) is 36.5 Å². The summed E-state index contributed by atoms with van der Waals surface area (Å²) in [5, 5.41) is 0. The highest BCUT2D eigenvalue weighted by Crippen LogP contribution is 2.11. The largest absolute Gasteiger partial charge is 0.464 e. The van der Waals surface area contributed by atoms with Gasteiger partial charge in [0, 0.05) is 19.0 Å². The van der Waals surface area contributed by atoms with Crippen LogP contribution >= 0.6 is 0 Å². The van der Waals surface area contributed by atoms with Crippen LogP contribution in [-0.2, 0) is 16.0 Å². The fourth-order valence-corrected chi connectivity index (χ4v) is 2.14. The van der Waals surface area contributed by atoms with Gasteiger partial charge in [0.2, 0.25) is 0 Å². The minimum Gasteiger partial charge on any atom is -0.464 e. The van der Waals surface area contributed by atoms with Gasteiger partial charge in [0.05, 0.1) is 6.54 Å². The molecule has 0 aliphatic heterocycles.